The van der Waals surface area contributed by atoms with E-state index < -0.39 is 20.0 Å². The number of phosphoric acid groups is 1. The van der Waals surface area contributed by atoms with E-state index >= 15 is 0 Å². The van der Waals surface area contributed by atoms with Crippen molar-refractivity contribution >= 4 is 13.7 Å². The van der Waals surface area contributed by atoms with E-state index in [1.54, 1.807) is 0 Å². The second-order valence-corrected chi connectivity index (χ2v) is 26.7. The summed E-state index contributed by atoms with van der Waals surface area (Å²) < 4.78 is 23.4. The lowest BCUT2D eigenvalue weighted by molar-refractivity contribution is -0.870. The zero-order valence-electron chi connectivity index (χ0n) is 52.3. The third-order valence-corrected chi connectivity index (χ3v) is 17.3. The van der Waals surface area contributed by atoms with Gasteiger partial charge in [0.2, 0.25) is 5.91 Å². The van der Waals surface area contributed by atoms with Crippen molar-refractivity contribution in [2.75, 3.05) is 40.9 Å². The average Bonchev–Trinajstić information content (AvgIpc) is 3.38. The Balaban J connectivity index is 3.75. The first kappa shape index (κ1) is 75.5. The lowest BCUT2D eigenvalue weighted by atomic mass is 10.0. The van der Waals surface area contributed by atoms with Crippen LogP contribution < -0.4 is 10.2 Å². The van der Waals surface area contributed by atoms with Crippen molar-refractivity contribution in [1.82, 2.24) is 5.32 Å². The predicted molar refractivity (Wildman–Crippen MR) is 330 cm³/mol. The fourth-order valence-electron chi connectivity index (χ4n) is 11.0. The minimum atomic E-state index is -4.57. The summed E-state index contributed by atoms with van der Waals surface area (Å²) in [7, 11) is 1.33. The third-order valence-electron chi connectivity index (χ3n) is 16.3. The van der Waals surface area contributed by atoms with E-state index in [9.17, 15) is 19.4 Å². The van der Waals surface area contributed by atoms with Gasteiger partial charge in [0.25, 0.3) is 7.82 Å². The van der Waals surface area contributed by atoms with Gasteiger partial charge in [-0.3, -0.25) is 9.36 Å². The van der Waals surface area contributed by atoms with Crippen molar-refractivity contribution in [2.24, 2.45) is 0 Å². The van der Waals surface area contributed by atoms with E-state index in [0.717, 1.165) is 38.5 Å². The molecule has 1 amide bonds. The number of likely N-dealkylation sites (N-methyl/N-ethyl adjacent to an activating group) is 1. The minimum Gasteiger partial charge on any atom is -0.756 e. The SMILES string of the molecule is CCCCCCCCCCCCCCCCCCCCCCCCCCCCCCCCCCCCCCCCCCCC(=O)NC(COP(=O)([O-])OCC[N+](C)(C)C)C(O)CCCCCCCCCCCCCCC. The lowest BCUT2D eigenvalue weighted by Gasteiger charge is -2.30. The highest BCUT2D eigenvalue weighted by Crippen LogP contribution is 2.38. The topological polar surface area (TPSA) is 108 Å². The van der Waals surface area contributed by atoms with Gasteiger partial charge in [0.15, 0.2) is 0 Å². The maximum atomic E-state index is 13.0. The summed E-state index contributed by atoms with van der Waals surface area (Å²) >= 11 is 0. The lowest BCUT2D eigenvalue weighted by Crippen LogP contribution is -2.46. The van der Waals surface area contributed by atoms with Gasteiger partial charge in [-0.15, -0.1) is 0 Å². The summed E-state index contributed by atoms with van der Waals surface area (Å²) in [6.45, 7) is 4.77. The van der Waals surface area contributed by atoms with Crippen LogP contribution in [0.15, 0.2) is 0 Å². The number of quaternary nitrogens is 1. The number of hydrogen-bond donors (Lipinski definition) is 2. The van der Waals surface area contributed by atoms with Crippen molar-refractivity contribution in [1.29, 1.82) is 0 Å². The number of aliphatic hydroxyl groups excluding tert-OH is 1. The highest BCUT2D eigenvalue weighted by Gasteiger charge is 2.24. The zero-order chi connectivity index (χ0) is 55.6. The van der Waals surface area contributed by atoms with Crippen LogP contribution in [-0.4, -0.2) is 68.5 Å². The second-order valence-electron chi connectivity index (χ2n) is 25.3. The zero-order valence-corrected chi connectivity index (χ0v) is 53.2. The molecular formula is C67H137N2O6P. The van der Waals surface area contributed by atoms with E-state index in [1.807, 2.05) is 21.1 Å². The number of nitrogens with one attached hydrogen (secondary N) is 1. The third kappa shape index (κ3) is 61.1. The van der Waals surface area contributed by atoms with Gasteiger partial charge in [-0.25, -0.2) is 0 Å². The largest absolute Gasteiger partial charge is 0.756 e. The van der Waals surface area contributed by atoms with Gasteiger partial charge in [0.05, 0.1) is 39.9 Å². The fraction of sp³-hybridized carbons (Fsp3) is 0.985. The molecule has 0 bridgehead atoms. The van der Waals surface area contributed by atoms with Crippen LogP contribution in [0.3, 0.4) is 0 Å². The molecule has 0 aromatic rings. The molecule has 0 saturated carbocycles. The molecule has 9 heteroatoms. The molecule has 456 valence electrons. The van der Waals surface area contributed by atoms with E-state index in [2.05, 4.69) is 19.2 Å². The molecule has 8 nitrogen and oxygen atoms in total. The van der Waals surface area contributed by atoms with Crippen LogP contribution in [-0.2, 0) is 18.4 Å². The van der Waals surface area contributed by atoms with E-state index in [0.29, 0.717) is 23.9 Å². The first-order valence-electron chi connectivity index (χ1n) is 34.4. The molecule has 0 aliphatic rings. The van der Waals surface area contributed by atoms with Crippen LogP contribution >= 0.6 is 7.82 Å². The van der Waals surface area contributed by atoms with Gasteiger partial charge >= 0.3 is 0 Å². The Morgan fingerprint density at radius 2 is 0.645 bits per heavy atom. The fourth-order valence-corrected chi connectivity index (χ4v) is 11.7. The molecule has 0 heterocycles. The molecule has 76 heavy (non-hydrogen) atoms. The quantitative estimate of drug-likeness (QED) is 0.0357. The number of unbranched alkanes of at least 4 members (excludes halogenated alkanes) is 52. The molecule has 3 atom stereocenters. The molecule has 3 unspecified atom stereocenters. The van der Waals surface area contributed by atoms with Gasteiger partial charge in [-0.05, 0) is 12.8 Å². The molecule has 0 fully saturated rings. The Labute approximate surface area is 476 Å². The van der Waals surface area contributed by atoms with Gasteiger partial charge in [0, 0.05) is 6.42 Å². The molecule has 0 radical (unpaired) electrons. The van der Waals surface area contributed by atoms with Crippen molar-refractivity contribution in [3.63, 3.8) is 0 Å². The Kier molecular flexibility index (Phi) is 58.7. The van der Waals surface area contributed by atoms with Crippen LogP contribution in [0.2, 0.25) is 0 Å². The van der Waals surface area contributed by atoms with Crippen molar-refractivity contribution < 1.29 is 32.9 Å². The Hall–Kier alpha value is -0.500. The number of rotatable bonds is 65. The number of nitrogens with zero attached hydrogens (tertiary/aromatic N) is 1. The maximum Gasteiger partial charge on any atom is 0.268 e. The van der Waals surface area contributed by atoms with E-state index in [1.165, 1.54) is 308 Å². The Morgan fingerprint density at radius 3 is 0.895 bits per heavy atom. The standard InChI is InChI=1S/C67H137N2O6P/c1-6-8-10-12-14-16-18-20-21-22-23-24-25-26-27-28-29-30-31-32-33-34-35-36-37-38-39-40-41-42-43-44-45-46-47-49-51-53-55-57-59-61-67(71)68-65(64-75-76(72,73)74-63-62-69(3,4)5)66(70)60-58-56-54-52-50-48-19-17-15-13-11-9-7-2/h65-66,70H,6-64H2,1-5H3,(H-,68,71,72,73). The van der Waals surface area contributed by atoms with Gasteiger partial charge in [0.1, 0.15) is 13.2 Å². The average molecular weight is 1100 g/mol. The van der Waals surface area contributed by atoms with Gasteiger partial charge in [-0.2, -0.15) is 0 Å². The molecular weight excluding hydrogens is 960 g/mol. The monoisotopic (exact) mass is 1100 g/mol. The normalized spacial score (nSPS) is 13.6. The van der Waals surface area contributed by atoms with Crippen LogP contribution in [0.25, 0.3) is 0 Å². The molecule has 0 rings (SSSR count). The number of hydrogen-bond acceptors (Lipinski definition) is 6. The molecule has 0 aromatic carbocycles. The number of aliphatic hydroxyl groups is 1. The van der Waals surface area contributed by atoms with Crippen molar-refractivity contribution in [3.05, 3.63) is 0 Å². The van der Waals surface area contributed by atoms with E-state index in [4.69, 9.17) is 9.05 Å². The van der Waals surface area contributed by atoms with Crippen LogP contribution in [0.4, 0.5) is 0 Å². The number of phosphoric ester groups is 1. The predicted octanol–water partition coefficient (Wildman–Crippen LogP) is 20.9. The number of carbonyl (C=O) groups excluding carboxylic acids is 1. The molecule has 0 aromatic heterocycles. The minimum absolute atomic E-state index is 0.0165. The molecule has 0 saturated heterocycles. The van der Waals surface area contributed by atoms with Crippen molar-refractivity contribution in [3.8, 4) is 0 Å². The van der Waals surface area contributed by atoms with Crippen LogP contribution in [0.1, 0.15) is 373 Å². The summed E-state index contributed by atoms with van der Waals surface area (Å²) in [6.07, 6.45) is 73.5. The first-order valence-corrected chi connectivity index (χ1v) is 35.8. The van der Waals surface area contributed by atoms with Crippen LogP contribution in [0.5, 0.6) is 0 Å². The Morgan fingerprint density at radius 1 is 0.408 bits per heavy atom. The number of amides is 1. The summed E-state index contributed by atoms with van der Waals surface area (Å²) in [4.78, 5) is 25.5. The number of carbonyl (C=O) groups is 1. The van der Waals surface area contributed by atoms with Crippen molar-refractivity contribution in [2.45, 2.75) is 386 Å². The molecule has 0 aliphatic carbocycles. The van der Waals surface area contributed by atoms with E-state index in [-0.39, 0.29) is 19.1 Å². The van der Waals surface area contributed by atoms with Crippen LogP contribution in [0, 0.1) is 0 Å². The highest BCUT2D eigenvalue weighted by atomic mass is 31.2. The molecule has 2 N–H and O–H groups in total. The smallest absolute Gasteiger partial charge is 0.268 e. The van der Waals surface area contributed by atoms with Gasteiger partial charge < -0.3 is 28.8 Å². The highest BCUT2D eigenvalue weighted by molar-refractivity contribution is 7.45. The summed E-state index contributed by atoms with van der Waals surface area (Å²) in [5.41, 5.74) is 0. The maximum absolute atomic E-state index is 13.0. The van der Waals surface area contributed by atoms with Gasteiger partial charge in [-0.1, -0.05) is 354 Å². The Bertz CT molecular complexity index is 1200. The molecule has 0 spiro atoms. The molecule has 0 aliphatic heterocycles. The second kappa shape index (κ2) is 59.1. The first-order chi connectivity index (χ1) is 37.0. The summed E-state index contributed by atoms with van der Waals surface area (Å²) in [5, 5.41) is 14.0. The summed E-state index contributed by atoms with van der Waals surface area (Å²) in [5.74, 6) is -0.156. The summed E-state index contributed by atoms with van der Waals surface area (Å²) in [6, 6.07) is -0.795.